The van der Waals surface area contributed by atoms with E-state index in [1.807, 2.05) is 6.08 Å². The Bertz CT molecular complexity index is 864. The van der Waals surface area contributed by atoms with Crippen molar-refractivity contribution in [3.8, 4) is 0 Å². The molecule has 26 heavy (non-hydrogen) atoms. The Morgan fingerprint density at radius 1 is 1.35 bits per heavy atom. The van der Waals surface area contributed by atoms with Crippen molar-refractivity contribution >= 4 is 33.5 Å². The molecule has 2 aromatic heterocycles. The van der Waals surface area contributed by atoms with Crippen LogP contribution in [0.3, 0.4) is 0 Å². The molecule has 3 heterocycles. The predicted octanol–water partition coefficient (Wildman–Crippen LogP) is 1.87. The lowest BCUT2D eigenvalue weighted by molar-refractivity contribution is 0.0791. The fraction of sp³-hybridized carbons (Fsp3) is 0.471. The van der Waals surface area contributed by atoms with E-state index in [4.69, 9.17) is 20.2 Å². The maximum Gasteiger partial charge on any atom is 0.228 e. The molecule has 2 atom stereocenters. The molecule has 3 N–H and O–H groups in total. The van der Waals surface area contributed by atoms with Crippen molar-refractivity contribution in [1.82, 2.24) is 15.0 Å². The Morgan fingerprint density at radius 3 is 2.96 bits per heavy atom. The van der Waals surface area contributed by atoms with E-state index in [9.17, 15) is 0 Å². The molecule has 0 aromatic carbocycles. The van der Waals surface area contributed by atoms with Crippen LogP contribution in [0.25, 0.3) is 10.3 Å². The molecule has 0 spiro atoms. The largest absolute Gasteiger partial charge is 0.498 e. The first-order valence-corrected chi connectivity index (χ1v) is 9.43. The fourth-order valence-corrected chi connectivity index (χ4v) is 3.88. The molecule has 8 nitrogen and oxygen atoms in total. The van der Waals surface area contributed by atoms with Gasteiger partial charge in [0, 0.05) is 44.4 Å². The second-order valence-corrected chi connectivity index (χ2v) is 7.20. The van der Waals surface area contributed by atoms with Crippen molar-refractivity contribution < 1.29 is 9.47 Å². The summed E-state index contributed by atoms with van der Waals surface area (Å²) >= 11 is 1.51. The molecule has 1 saturated heterocycles. The first-order valence-electron chi connectivity index (χ1n) is 8.55. The number of ether oxygens (including phenoxy) is 2. The van der Waals surface area contributed by atoms with Crippen LogP contribution in [0.4, 0.5) is 11.8 Å². The number of methoxy groups -OCH3 is 2. The Labute approximate surface area is 155 Å². The zero-order valence-corrected chi connectivity index (χ0v) is 15.6. The number of thiazole rings is 1. The third-order valence-electron chi connectivity index (χ3n) is 4.64. The topological polar surface area (TPSA) is 98.4 Å². The highest BCUT2D eigenvalue weighted by Gasteiger charge is 2.24. The second kappa shape index (κ2) is 7.18. The highest BCUT2D eigenvalue weighted by atomic mass is 32.1. The van der Waals surface area contributed by atoms with Crippen LogP contribution in [-0.2, 0) is 9.47 Å². The van der Waals surface area contributed by atoms with E-state index < -0.39 is 0 Å². The van der Waals surface area contributed by atoms with Gasteiger partial charge < -0.3 is 25.4 Å². The first kappa shape index (κ1) is 17.2. The van der Waals surface area contributed by atoms with Crippen molar-refractivity contribution in [3.05, 3.63) is 29.1 Å². The zero-order chi connectivity index (χ0) is 18.1. The Balaban J connectivity index is 1.65. The summed E-state index contributed by atoms with van der Waals surface area (Å²) in [5, 5.41) is 3.38. The number of allylic oxidation sites excluding steroid dienone is 1. The summed E-state index contributed by atoms with van der Waals surface area (Å²) in [5.41, 5.74) is 9.50. The summed E-state index contributed by atoms with van der Waals surface area (Å²) < 4.78 is 10.9. The minimum absolute atomic E-state index is 0.0584. The van der Waals surface area contributed by atoms with Gasteiger partial charge in [-0.2, -0.15) is 9.97 Å². The van der Waals surface area contributed by atoms with Crippen molar-refractivity contribution in [3.63, 3.8) is 0 Å². The number of hydrogen-bond donors (Lipinski definition) is 2. The van der Waals surface area contributed by atoms with Crippen molar-refractivity contribution in [2.75, 3.05) is 37.5 Å². The molecule has 1 aliphatic carbocycles. The van der Waals surface area contributed by atoms with E-state index >= 15 is 0 Å². The average Bonchev–Trinajstić information content (AvgIpc) is 3.30. The lowest BCUT2D eigenvalue weighted by Crippen LogP contribution is -2.27. The Kier molecular flexibility index (Phi) is 4.75. The first-order chi connectivity index (χ1) is 12.7. The summed E-state index contributed by atoms with van der Waals surface area (Å²) in [6.07, 6.45) is 5.64. The molecule has 0 saturated carbocycles. The van der Waals surface area contributed by atoms with Gasteiger partial charge in [0.2, 0.25) is 5.95 Å². The summed E-state index contributed by atoms with van der Waals surface area (Å²) in [6.45, 7) is 1.65. The SMILES string of the molecule is COC1=CC(Nc2nc(N3CCC(N)C3)nc3scnc23)=CCC1OC. The molecule has 4 rings (SSSR count). The van der Waals surface area contributed by atoms with Crippen LogP contribution in [-0.4, -0.2) is 54.4 Å². The number of fused-ring (bicyclic) bond motifs is 1. The van der Waals surface area contributed by atoms with Gasteiger partial charge in [-0.3, -0.25) is 0 Å². The molecule has 1 aliphatic heterocycles. The van der Waals surface area contributed by atoms with Gasteiger partial charge in [0.15, 0.2) is 10.6 Å². The van der Waals surface area contributed by atoms with Gasteiger partial charge >= 0.3 is 0 Å². The molecular formula is C17H22N6O2S. The third-order valence-corrected chi connectivity index (χ3v) is 5.36. The summed E-state index contributed by atoms with van der Waals surface area (Å²) in [4.78, 5) is 16.8. The maximum absolute atomic E-state index is 6.03. The second-order valence-electron chi connectivity index (χ2n) is 6.37. The number of nitrogens with one attached hydrogen (secondary N) is 1. The van der Waals surface area contributed by atoms with Gasteiger partial charge in [0.05, 0.1) is 12.6 Å². The van der Waals surface area contributed by atoms with E-state index in [2.05, 4.69) is 26.3 Å². The van der Waals surface area contributed by atoms with Crippen molar-refractivity contribution in [1.29, 1.82) is 0 Å². The zero-order valence-electron chi connectivity index (χ0n) is 14.8. The lowest BCUT2D eigenvalue weighted by atomic mass is 10.1. The third kappa shape index (κ3) is 3.25. The molecule has 138 valence electrons. The van der Waals surface area contributed by atoms with E-state index in [1.165, 1.54) is 11.3 Å². The highest BCUT2D eigenvalue weighted by molar-refractivity contribution is 7.16. The number of aromatic nitrogens is 3. The quantitative estimate of drug-likeness (QED) is 0.818. The van der Waals surface area contributed by atoms with Crippen LogP contribution in [0.15, 0.2) is 29.1 Å². The number of rotatable bonds is 5. The van der Waals surface area contributed by atoms with E-state index in [-0.39, 0.29) is 12.1 Å². The lowest BCUT2D eigenvalue weighted by Gasteiger charge is -2.22. The molecular weight excluding hydrogens is 352 g/mol. The minimum atomic E-state index is -0.0584. The van der Waals surface area contributed by atoms with E-state index in [0.29, 0.717) is 11.8 Å². The van der Waals surface area contributed by atoms with Gasteiger partial charge in [-0.25, -0.2) is 4.98 Å². The normalized spacial score (nSPS) is 23.1. The minimum Gasteiger partial charge on any atom is -0.498 e. The van der Waals surface area contributed by atoms with E-state index in [0.717, 1.165) is 47.7 Å². The van der Waals surface area contributed by atoms with Crippen molar-refractivity contribution in [2.24, 2.45) is 5.73 Å². The molecule has 0 amide bonds. The molecule has 1 fully saturated rings. The Morgan fingerprint density at radius 2 is 2.23 bits per heavy atom. The predicted molar refractivity (Wildman–Crippen MR) is 102 cm³/mol. The number of nitrogens with zero attached hydrogens (tertiary/aromatic N) is 4. The summed E-state index contributed by atoms with van der Waals surface area (Å²) in [7, 11) is 3.33. The molecule has 2 aliphatic rings. The highest BCUT2D eigenvalue weighted by Crippen LogP contribution is 2.29. The van der Waals surface area contributed by atoms with Crippen LogP contribution in [0.5, 0.6) is 0 Å². The van der Waals surface area contributed by atoms with E-state index in [1.54, 1.807) is 19.7 Å². The molecule has 0 radical (unpaired) electrons. The Hall–Kier alpha value is -2.23. The standard InChI is InChI=1S/C17H22N6O2S/c1-24-12-4-3-11(7-13(12)25-2)20-15-14-16(26-9-19-14)22-17(21-15)23-6-5-10(18)8-23/h3,7,9-10,12H,4-6,8,18H2,1-2H3,(H,20,21,22). The maximum atomic E-state index is 6.03. The fourth-order valence-electron chi connectivity index (χ4n) is 3.23. The van der Waals surface area contributed by atoms with Crippen LogP contribution in [0.1, 0.15) is 12.8 Å². The number of nitrogens with two attached hydrogens (primary N) is 1. The van der Waals surface area contributed by atoms with Gasteiger partial charge in [0.25, 0.3) is 0 Å². The van der Waals surface area contributed by atoms with Crippen LogP contribution < -0.4 is 16.0 Å². The van der Waals surface area contributed by atoms with Crippen LogP contribution in [0, 0.1) is 0 Å². The number of anilines is 2. The smallest absolute Gasteiger partial charge is 0.228 e. The van der Waals surface area contributed by atoms with Gasteiger partial charge in [-0.15, -0.1) is 11.3 Å². The van der Waals surface area contributed by atoms with Gasteiger partial charge in [-0.05, 0) is 6.42 Å². The molecule has 9 heteroatoms. The molecule has 2 unspecified atom stereocenters. The molecule has 2 aromatic rings. The number of hydrogen-bond acceptors (Lipinski definition) is 9. The summed E-state index contributed by atoms with van der Waals surface area (Å²) in [5.74, 6) is 2.17. The summed E-state index contributed by atoms with van der Waals surface area (Å²) in [6, 6.07) is 0.173. The van der Waals surface area contributed by atoms with Crippen molar-refractivity contribution in [2.45, 2.75) is 25.0 Å². The van der Waals surface area contributed by atoms with Crippen LogP contribution in [0.2, 0.25) is 0 Å². The van der Waals surface area contributed by atoms with Crippen LogP contribution >= 0.6 is 11.3 Å². The monoisotopic (exact) mass is 374 g/mol. The van der Waals surface area contributed by atoms with Gasteiger partial charge in [-0.1, -0.05) is 6.08 Å². The molecule has 0 bridgehead atoms. The average molecular weight is 374 g/mol. The van der Waals surface area contributed by atoms with Gasteiger partial charge in [0.1, 0.15) is 17.4 Å².